The van der Waals surface area contributed by atoms with Gasteiger partial charge in [-0.05, 0) is 43.5 Å². The first-order valence-electron chi connectivity index (χ1n) is 10.2. The lowest BCUT2D eigenvalue weighted by molar-refractivity contribution is -0.144. The third-order valence-corrected chi connectivity index (χ3v) is 6.84. The Morgan fingerprint density at radius 1 is 1.17 bits per heavy atom. The Hall–Kier alpha value is -2.99. The van der Waals surface area contributed by atoms with Crippen LogP contribution in [0.15, 0.2) is 42.5 Å². The van der Waals surface area contributed by atoms with E-state index in [0.29, 0.717) is 0 Å². The minimum atomic E-state index is -0.231. The molecular weight excluding hydrogens is 394 g/mol. The molecule has 4 aromatic rings. The number of imidazole rings is 1. The first kappa shape index (κ1) is 19.0. The van der Waals surface area contributed by atoms with Crippen molar-refractivity contribution < 1.29 is 9.53 Å². The number of fused-ring (bicyclic) bond motifs is 3. The van der Waals surface area contributed by atoms with Gasteiger partial charge in [0.25, 0.3) is 0 Å². The van der Waals surface area contributed by atoms with E-state index < -0.39 is 0 Å². The molecular formula is C24H23N3O2S. The van der Waals surface area contributed by atoms with Crippen LogP contribution in [0.1, 0.15) is 33.9 Å². The van der Waals surface area contributed by atoms with E-state index in [2.05, 4.69) is 34.7 Å². The van der Waals surface area contributed by atoms with Crippen molar-refractivity contribution in [3.63, 3.8) is 0 Å². The number of aromatic nitrogens is 3. The first-order chi connectivity index (χ1) is 14.6. The van der Waals surface area contributed by atoms with Crippen molar-refractivity contribution in [2.45, 2.75) is 46.3 Å². The maximum Gasteiger partial charge on any atom is 0.311 e. The number of aryl methyl sites for hydroxylation is 4. The van der Waals surface area contributed by atoms with E-state index in [9.17, 15) is 4.79 Å². The zero-order chi connectivity index (χ0) is 20.7. The van der Waals surface area contributed by atoms with Crippen LogP contribution in [0.4, 0.5) is 0 Å². The van der Waals surface area contributed by atoms with Crippen molar-refractivity contribution in [1.29, 1.82) is 0 Å². The zero-order valence-electron chi connectivity index (χ0n) is 17.1. The number of hydrogen-bond acceptors (Lipinski definition) is 5. The largest absolute Gasteiger partial charge is 0.461 e. The lowest BCUT2D eigenvalue weighted by Crippen LogP contribution is -2.07. The van der Waals surface area contributed by atoms with E-state index in [1.165, 1.54) is 17.5 Å². The van der Waals surface area contributed by atoms with Gasteiger partial charge < -0.3 is 9.30 Å². The van der Waals surface area contributed by atoms with Crippen LogP contribution in [0.3, 0.4) is 0 Å². The summed E-state index contributed by atoms with van der Waals surface area (Å²) in [4.78, 5) is 22.8. The van der Waals surface area contributed by atoms with Gasteiger partial charge in [0.05, 0.1) is 23.1 Å². The predicted molar refractivity (Wildman–Crippen MR) is 119 cm³/mol. The summed E-state index contributed by atoms with van der Waals surface area (Å²) < 4.78 is 7.84. The number of esters is 1. The highest BCUT2D eigenvalue weighted by molar-refractivity contribution is 7.15. The summed E-state index contributed by atoms with van der Waals surface area (Å²) in [5, 5.41) is 0.951. The molecule has 0 fully saturated rings. The lowest BCUT2D eigenvalue weighted by Gasteiger charge is -2.05. The number of carbonyl (C=O) groups excluding carboxylic acids is 1. The second-order valence-corrected chi connectivity index (χ2v) is 8.87. The summed E-state index contributed by atoms with van der Waals surface area (Å²) in [5.74, 6) is 0.926. The minimum Gasteiger partial charge on any atom is -0.461 e. The maximum absolute atomic E-state index is 12.5. The van der Waals surface area contributed by atoms with Gasteiger partial charge >= 0.3 is 5.97 Å². The fourth-order valence-electron chi connectivity index (χ4n) is 4.02. The van der Waals surface area contributed by atoms with Crippen molar-refractivity contribution in [3.05, 3.63) is 70.0 Å². The van der Waals surface area contributed by atoms with Gasteiger partial charge in [0.15, 0.2) is 0 Å². The number of hydrogen-bond donors (Lipinski definition) is 0. The number of carbonyl (C=O) groups is 1. The fraction of sp³-hybridized carbons (Fsp3) is 0.292. The molecule has 1 aliphatic rings. The van der Waals surface area contributed by atoms with E-state index in [-0.39, 0.29) is 19.0 Å². The van der Waals surface area contributed by atoms with Gasteiger partial charge in [0, 0.05) is 23.4 Å². The molecule has 6 heteroatoms. The Morgan fingerprint density at radius 3 is 2.90 bits per heavy atom. The third-order valence-electron chi connectivity index (χ3n) is 5.65. The number of thiazole rings is 1. The van der Waals surface area contributed by atoms with Gasteiger partial charge in [0.1, 0.15) is 17.4 Å². The molecule has 0 aliphatic carbocycles. The summed E-state index contributed by atoms with van der Waals surface area (Å²) in [6, 6.07) is 14.3. The third kappa shape index (κ3) is 3.52. The maximum atomic E-state index is 12.5. The van der Waals surface area contributed by atoms with Gasteiger partial charge in [-0.3, -0.25) is 4.79 Å². The number of nitrogens with zero attached hydrogens (tertiary/aromatic N) is 3. The molecule has 0 bridgehead atoms. The Bertz CT molecular complexity index is 1250. The second-order valence-electron chi connectivity index (χ2n) is 7.79. The number of benzene rings is 2. The topological polar surface area (TPSA) is 57.0 Å². The summed E-state index contributed by atoms with van der Waals surface area (Å²) in [6.07, 6.45) is 2.45. The molecule has 5 rings (SSSR count). The molecule has 0 saturated carbocycles. The highest BCUT2D eigenvalue weighted by atomic mass is 32.1. The monoisotopic (exact) mass is 417 g/mol. The highest BCUT2D eigenvalue weighted by Gasteiger charge is 2.17. The van der Waals surface area contributed by atoms with Crippen LogP contribution >= 0.6 is 11.3 Å². The summed E-state index contributed by atoms with van der Waals surface area (Å²) in [7, 11) is 0. The lowest BCUT2D eigenvalue weighted by atomic mass is 10.1. The number of rotatable bonds is 5. The SMILES string of the molecule is Cc1ccccc1-c1nc(C)c(CC(=O)OCc2ccc3c(c2)nc2n3CCC2)s1. The van der Waals surface area contributed by atoms with E-state index >= 15 is 0 Å². The Kier molecular flexibility index (Phi) is 4.87. The molecule has 0 radical (unpaired) electrons. The van der Waals surface area contributed by atoms with Crippen LogP contribution in [0.2, 0.25) is 0 Å². The average Bonchev–Trinajstić information content (AvgIpc) is 3.41. The predicted octanol–water partition coefficient (Wildman–Crippen LogP) is 5.01. The van der Waals surface area contributed by atoms with Crippen LogP contribution < -0.4 is 0 Å². The van der Waals surface area contributed by atoms with Crippen LogP contribution in [-0.2, 0) is 35.5 Å². The smallest absolute Gasteiger partial charge is 0.311 e. The van der Waals surface area contributed by atoms with Crippen LogP contribution in [0, 0.1) is 13.8 Å². The second kappa shape index (κ2) is 7.69. The standard InChI is InChI=1S/C24H23N3O2S/c1-15-6-3-4-7-18(15)24-25-16(2)21(30-24)13-23(28)29-14-17-9-10-20-19(12-17)26-22-8-5-11-27(20)22/h3-4,6-7,9-10,12H,5,8,11,13-14H2,1-2H3. The molecule has 0 atom stereocenters. The van der Waals surface area contributed by atoms with Gasteiger partial charge in [-0.2, -0.15) is 0 Å². The Balaban J connectivity index is 1.26. The summed E-state index contributed by atoms with van der Waals surface area (Å²) >= 11 is 1.57. The molecule has 2 aromatic heterocycles. The van der Waals surface area contributed by atoms with Crippen molar-refractivity contribution in [1.82, 2.24) is 14.5 Å². The van der Waals surface area contributed by atoms with Crippen LogP contribution in [-0.4, -0.2) is 20.5 Å². The van der Waals surface area contributed by atoms with Gasteiger partial charge in [-0.15, -0.1) is 11.3 Å². The van der Waals surface area contributed by atoms with Crippen LogP contribution in [0.5, 0.6) is 0 Å². The normalized spacial score (nSPS) is 13.0. The van der Waals surface area contributed by atoms with E-state index in [1.807, 2.05) is 31.2 Å². The van der Waals surface area contributed by atoms with Crippen molar-refractivity contribution >= 4 is 28.3 Å². The molecule has 3 heterocycles. The fourth-order valence-corrected chi connectivity index (χ4v) is 5.16. The van der Waals surface area contributed by atoms with Gasteiger partial charge in [-0.1, -0.05) is 30.3 Å². The molecule has 5 nitrogen and oxygen atoms in total. The summed E-state index contributed by atoms with van der Waals surface area (Å²) in [6.45, 7) is 5.33. The van der Waals surface area contributed by atoms with E-state index in [0.717, 1.165) is 51.0 Å². The van der Waals surface area contributed by atoms with Crippen molar-refractivity contribution in [3.8, 4) is 10.6 Å². The molecule has 0 amide bonds. The minimum absolute atomic E-state index is 0.231. The molecule has 0 spiro atoms. The molecule has 1 aliphatic heterocycles. The van der Waals surface area contributed by atoms with E-state index in [1.54, 1.807) is 11.3 Å². The molecule has 30 heavy (non-hydrogen) atoms. The molecule has 0 saturated heterocycles. The zero-order valence-corrected chi connectivity index (χ0v) is 18.0. The van der Waals surface area contributed by atoms with Gasteiger partial charge in [0.2, 0.25) is 0 Å². The Morgan fingerprint density at radius 2 is 2.03 bits per heavy atom. The quantitative estimate of drug-likeness (QED) is 0.428. The van der Waals surface area contributed by atoms with Crippen LogP contribution in [0.25, 0.3) is 21.6 Å². The Labute approximate surface area is 179 Å². The highest BCUT2D eigenvalue weighted by Crippen LogP contribution is 2.30. The van der Waals surface area contributed by atoms with Gasteiger partial charge in [-0.25, -0.2) is 9.97 Å². The molecule has 0 N–H and O–H groups in total. The van der Waals surface area contributed by atoms with Crippen molar-refractivity contribution in [2.24, 2.45) is 0 Å². The molecule has 0 unspecified atom stereocenters. The number of ether oxygens (including phenoxy) is 1. The van der Waals surface area contributed by atoms with E-state index in [4.69, 9.17) is 9.72 Å². The summed E-state index contributed by atoms with van der Waals surface area (Å²) in [5.41, 5.74) is 6.31. The first-order valence-corrected chi connectivity index (χ1v) is 11.1. The average molecular weight is 418 g/mol. The molecule has 2 aromatic carbocycles. The molecule has 152 valence electrons. The van der Waals surface area contributed by atoms with Crippen molar-refractivity contribution in [2.75, 3.05) is 0 Å².